The van der Waals surface area contributed by atoms with Crippen molar-refractivity contribution in [3.63, 3.8) is 0 Å². The molecule has 2 aromatic heterocycles. The summed E-state index contributed by atoms with van der Waals surface area (Å²) in [7, 11) is 0. The Kier molecular flexibility index (Phi) is 5.54. The minimum atomic E-state index is -5.94. The molecule has 0 fully saturated rings. The SMILES string of the molecule is N/C=C(\C=NCC(F)(F)C(F)(F)F)c1c(C(F)(F)F)[nH]c2cc(=O)cnn2c1=O. The van der Waals surface area contributed by atoms with Crippen LogP contribution < -0.4 is 16.7 Å². The zero-order chi connectivity index (χ0) is 22.2. The van der Waals surface area contributed by atoms with Gasteiger partial charge in [0.05, 0.1) is 11.8 Å². The summed E-state index contributed by atoms with van der Waals surface area (Å²) in [6, 6.07) is 0.636. The van der Waals surface area contributed by atoms with Gasteiger partial charge in [0.2, 0.25) is 5.43 Å². The fourth-order valence-electron chi connectivity index (χ4n) is 2.08. The van der Waals surface area contributed by atoms with Crippen molar-refractivity contribution in [2.75, 3.05) is 6.54 Å². The maximum Gasteiger partial charge on any atom is 0.455 e. The van der Waals surface area contributed by atoms with Gasteiger partial charge in [-0.1, -0.05) is 0 Å². The number of aromatic amines is 1. The second-order valence-electron chi connectivity index (χ2n) is 5.46. The zero-order valence-corrected chi connectivity index (χ0v) is 13.8. The van der Waals surface area contributed by atoms with Crippen molar-refractivity contribution in [2.45, 2.75) is 18.3 Å². The van der Waals surface area contributed by atoms with Gasteiger partial charge in [-0.3, -0.25) is 14.6 Å². The number of aliphatic imine (C=N–C) groups is 1. The van der Waals surface area contributed by atoms with Gasteiger partial charge in [0, 0.05) is 24.1 Å². The van der Waals surface area contributed by atoms with Gasteiger partial charge in [-0.2, -0.15) is 44.7 Å². The third-order valence-electron chi connectivity index (χ3n) is 3.40. The lowest BCUT2D eigenvalue weighted by Crippen LogP contribution is -2.39. The number of nitrogens with one attached hydrogen (secondary N) is 1. The van der Waals surface area contributed by atoms with Crippen LogP contribution in [0.25, 0.3) is 11.2 Å². The average Bonchev–Trinajstić information content (AvgIpc) is 2.57. The molecule has 2 rings (SSSR count). The van der Waals surface area contributed by atoms with E-state index in [9.17, 15) is 44.7 Å². The summed E-state index contributed by atoms with van der Waals surface area (Å²) in [5.41, 5.74) is -1.70. The van der Waals surface area contributed by atoms with Gasteiger partial charge < -0.3 is 10.7 Å². The number of fused-ring (bicyclic) bond motifs is 1. The summed E-state index contributed by atoms with van der Waals surface area (Å²) in [6.45, 7) is -2.15. The predicted molar refractivity (Wildman–Crippen MR) is 83.6 cm³/mol. The van der Waals surface area contributed by atoms with Crippen LogP contribution in [-0.2, 0) is 6.18 Å². The van der Waals surface area contributed by atoms with Gasteiger partial charge in [-0.05, 0) is 0 Å². The lowest BCUT2D eigenvalue weighted by molar-refractivity contribution is -0.276. The molecule has 0 atom stereocenters. The Balaban J connectivity index is 2.65. The smallest absolute Gasteiger partial charge is 0.404 e. The van der Waals surface area contributed by atoms with E-state index < -0.39 is 58.3 Å². The molecular formula is C14H9F8N5O2. The predicted octanol–water partition coefficient (Wildman–Crippen LogP) is 1.97. The van der Waals surface area contributed by atoms with Gasteiger partial charge in [0.1, 0.15) is 17.9 Å². The van der Waals surface area contributed by atoms with E-state index in [1.807, 2.05) is 0 Å². The van der Waals surface area contributed by atoms with E-state index in [-0.39, 0.29) is 6.21 Å². The highest BCUT2D eigenvalue weighted by molar-refractivity contribution is 6.10. The van der Waals surface area contributed by atoms with Crippen molar-refractivity contribution in [1.29, 1.82) is 0 Å². The molecule has 3 N–H and O–H groups in total. The third kappa shape index (κ3) is 4.43. The normalized spacial score (nSPS) is 14.1. The molecule has 0 spiro atoms. The summed E-state index contributed by atoms with van der Waals surface area (Å²) < 4.78 is 103. The van der Waals surface area contributed by atoms with Crippen LogP contribution >= 0.6 is 0 Å². The van der Waals surface area contributed by atoms with Crippen LogP contribution in [0.3, 0.4) is 0 Å². The first kappa shape index (κ1) is 22.0. The molecule has 7 nitrogen and oxygen atoms in total. The van der Waals surface area contributed by atoms with Crippen molar-refractivity contribution < 1.29 is 35.1 Å². The van der Waals surface area contributed by atoms with E-state index in [0.717, 1.165) is 0 Å². The van der Waals surface area contributed by atoms with Crippen molar-refractivity contribution in [3.8, 4) is 0 Å². The van der Waals surface area contributed by atoms with Gasteiger partial charge in [-0.15, -0.1) is 0 Å². The molecule has 158 valence electrons. The summed E-state index contributed by atoms with van der Waals surface area (Å²) in [4.78, 5) is 28.2. The van der Waals surface area contributed by atoms with Crippen LogP contribution in [0, 0.1) is 0 Å². The van der Waals surface area contributed by atoms with E-state index in [1.165, 1.54) is 0 Å². The Morgan fingerprint density at radius 2 is 1.79 bits per heavy atom. The molecule has 0 unspecified atom stereocenters. The molecule has 0 aliphatic rings. The largest absolute Gasteiger partial charge is 0.455 e. The first-order chi connectivity index (χ1) is 13.2. The number of rotatable bonds is 4. The summed E-state index contributed by atoms with van der Waals surface area (Å²) in [6.07, 6.45) is -10.0. The van der Waals surface area contributed by atoms with E-state index in [4.69, 9.17) is 5.73 Å². The fourth-order valence-corrected chi connectivity index (χ4v) is 2.08. The van der Waals surface area contributed by atoms with Crippen LogP contribution in [0.1, 0.15) is 11.3 Å². The Morgan fingerprint density at radius 1 is 1.17 bits per heavy atom. The van der Waals surface area contributed by atoms with Crippen LogP contribution in [0.15, 0.2) is 33.0 Å². The highest BCUT2D eigenvalue weighted by Crippen LogP contribution is 2.36. The maximum absolute atomic E-state index is 13.4. The van der Waals surface area contributed by atoms with Crippen molar-refractivity contribution in [1.82, 2.24) is 14.6 Å². The number of aromatic nitrogens is 3. The Bertz CT molecular complexity index is 1090. The Labute approximate surface area is 154 Å². The topological polar surface area (TPSA) is 106 Å². The molecule has 15 heteroatoms. The molecule has 0 bridgehead atoms. The van der Waals surface area contributed by atoms with Gasteiger partial charge in [0.25, 0.3) is 5.56 Å². The first-order valence-corrected chi connectivity index (χ1v) is 7.28. The van der Waals surface area contributed by atoms with Gasteiger partial charge >= 0.3 is 18.3 Å². The first-order valence-electron chi connectivity index (χ1n) is 7.28. The second kappa shape index (κ2) is 7.29. The molecule has 0 aromatic carbocycles. The molecule has 0 saturated heterocycles. The number of halogens is 8. The number of H-pyrrole nitrogens is 1. The fraction of sp³-hybridized carbons (Fsp3) is 0.286. The molecule has 0 aliphatic heterocycles. The molecule has 0 aliphatic carbocycles. The second-order valence-corrected chi connectivity index (χ2v) is 5.46. The number of allylic oxidation sites excluding steroid dienone is 1. The van der Waals surface area contributed by atoms with Gasteiger partial charge in [-0.25, -0.2) is 0 Å². The molecule has 0 radical (unpaired) electrons. The quantitative estimate of drug-likeness (QED) is 0.571. The highest BCUT2D eigenvalue weighted by Gasteiger charge is 2.57. The minimum Gasteiger partial charge on any atom is -0.404 e. The number of hydrogen-bond acceptors (Lipinski definition) is 5. The number of alkyl halides is 8. The zero-order valence-electron chi connectivity index (χ0n) is 13.8. The van der Waals surface area contributed by atoms with Crippen LogP contribution in [0.4, 0.5) is 35.1 Å². The number of nitrogens with two attached hydrogens (primary N) is 1. The van der Waals surface area contributed by atoms with Crippen molar-refractivity contribution >= 4 is 17.4 Å². The number of hydrogen-bond donors (Lipinski definition) is 2. The lowest BCUT2D eigenvalue weighted by Gasteiger charge is -2.17. The average molecular weight is 431 g/mol. The molecule has 0 amide bonds. The standard InChI is InChI=1S/C14H9F8N5O2/c15-12(16,14(20,21)22)5-24-3-6(2-23)9-10(13(17,18)19)26-8-1-7(28)4-25-27(8)11(9)29/h1-4,26H,5,23H2/b6-2+,24-3?. The maximum atomic E-state index is 13.4. The van der Waals surface area contributed by atoms with Crippen LogP contribution in [0.5, 0.6) is 0 Å². The van der Waals surface area contributed by atoms with E-state index in [2.05, 4.69) is 10.1 Å². The molecule has 0 saturated carbocycles. The summed E-state index contributed by atoms with van der Waals surface area (Å²) >= 11 is 0. The molecule has 2 heterocycles. The lowest BCUT2D eigenvalue weighted by atomic mass is 10.1. The van der Waals surface area contributed by atoms with Crippen LogP contribution in [-0.4, -0.2) is 39.5 Å². The van der Waals surface area contributed by atoms with Crippen molar-refractivity contribution in [3.05, 3.63) is 50.3 Å². The van der Waals surface area contributed by atoms with Crippen LogP contribution in [0.2, 0.25) is 0 Å². The number of nitrogens with zero attached hydrogens (tertiary/aromatic N) is 3. The van der Waals surface area contributed by atoms with E-state index >= 15 is 0 Å². The summed E-state index contributed by atoms with van der Waals surface area (Å²) in [5.74, 6) is -5.26. The molecular weight excluding hydrogens is 422 g/mol. The highest BCUT2D eigenvalue weighted by atomic mass is 19.4. The van der Waals surface area contributed by atoms with Gasteiger partial charge in [0.15, 0.2) is 0 Å². The summed E-state index contributed by atoms with van der Waals surface area (Å²) in [5, 5.41) is 3.34. The minimum absolute atomic E-state index is 0.174. The monoisotopic (exact) mass is 431 g/mol. The third-order valence-corrected chi connectivity index (χ3v) is 3.40. The van der Waals surface area contributed by atoms with Crippen molar-refractivity contribution in [2.24, 2.45) is 10.7 Å². The van der Waals surface area contributed by atoms with E-state index in [1.54, 1.807) is 4.98 Å². The Hall–Kier alpha value is -3.26. The molecule has 29 heavy (non-hydrogen) atoms. The Morgan fingerprint density at radius 3 is 2.31 bits per heavy atom. The molecule has 2 aromatic rings. The van der Waals surface area contributed by atoms with E-state index in [0.29, 0.717) is 23.0 Å².